The van der Waals surface area contributed by atoms with Crippen LogP contribution >= 0.6 is 15.9 Å². The van der Waals surface area contributed by atoms with E-state index in [1.165, 1.54) is 18.3 Å². The molecule has 1 atom stereocenters. The van der Waals surface area contributed by atoms with E-state index in [-0.39, 0.29) is 11.8 Å². The number of aromatic nitrogens is 4. The number of piperidine rings is 1. The zero-order valence-electron chi connectivity index (χ0n) is 13.7. The van der Waals surface area contributed by atoms with Gasteiger partial charge >= 0.3 is 0 Å². The van der Waals surface area contributed by atoms with Crippen LogP contribution in [0.5, 0.6) is 0 Å². The van der Waals surface area contributed by atoms with Gasteiger partial charge in [0.15, 0.2) is 0 Å². The zero-order valence-corrected chi connectivity index (χ0v) is 15.2. The number of aromatic amines is 1. The molecule has 0 unspecified atom stereocenters. The standard InChI is InChI=1S/C17H15BrFN5O2/c18-12-6-13(20-8-12)15-22-16(26-23-15)11-2-1-5-24(9-11)17(25)10-3-4-14(19)21-7-10/h3-4,6-8,11,20H,1-2,5,9H2/t11-/m0/s1. The Balaban J connectivity index is 1.49. The molecule has 26 heavy (non-hydrogen) atoms. The van der Waals surface area contributed by atoms with Crippen molar-refractivity contribution in [1.29, 1.82) is 0 Å². The Kier molecular flexibility index (Phi) is 4.54. The number of H-pyrrole nitrogens is 1. The van der Waals surface area contributed by atoms with Gasteiger partial charge < -0.3 is 14.4 Å². The van der Waals surface area contributed by atoms with Crippen LogP contribution < -0.4 is 0 Å². The average Bonchev–Trinajstić information content (AvgIpc) is 3.31. The van der Waals surface area contributed by atoms with Crippen LogP contribution in [-0.4, -0.2) is 44.0 Å². The maximum Gasteiger partial charge on any atom is 0.255 e. The molecule has 1 aliphatic heterocycles. The molecule has 1 aliphatic rings. The minimum Gasteiger partial charge on any atom is -0.357 e. The monoisotopic (exact) mass is 419 g/mol. The molecule has 4 rings (SSSR count). The minimum atomic E-state index is -0.604. The molecular formula is C17H15BrFN5O2. The number of hydrogen-bond donors (Lipinski definition) is 1. The van der Waals surface area contributed by atoms with E-state index in [4.69, 9.17) is 4.52 Å². The highest BCUT2D eigenvalue weighted by molar-refractivity contribution is 9.10. The predicted molar refractivity (Wildman–Crippen MR) is 93.9 cm³/mol. The van der Waals surface area contributed by atoms with Crippen LogP contribution in [0.3, 0.4) is 0 Å². The zero-order chi connectivity index (χ0) is 18.1. The number of rotatable bonds is 3. The van der Waals surface area contributed by atoms with E-state index in [0.717, 1.165) is 23.0 Å². The van der Waals surface area contributed by atoms with Crippen LogP contribution in [0.15, 0.2) is 39.6 Å². The van der Waals surface area contributed by atoms with E-state index in [9.17, 15) is 9.18 Å². The number of likely N-dealkylation sites (tertiary alicyclic amines) is 1. The van der Waals surface area contributed by atoms with Crippen molar-refractivity contribution in [2.75, 3.05) is 13.1 Å². The van der Waals surface area contributed by atoms with Crippen LogP contribution in [0.4, 0.5) is 4.39 Å². The molecule has 0 aromatic carbocycles. The molecule has 7 nitrogen and oxygen atoms in total. The number of amides is 1. The molecule has 0 spiro atoms. The SMILES string of the molecule is O=C(c1ccc(F)nc1)N1CCC[C@H](c2nc(-c3cc(Br)c[nH]3)no2)C1. The van der Waals surface area contributed by atoms with Crippen molar-refractivity contribution in [3.63, 3.8) is 0 Å². The number of pyridine rings is 1. The molecule has 1 saturated heterocycles. The van der Waals surface area contributed by atoms with Crippen LogP contribution in [0.1, 0.15) is 35.0 Å². The summed E-state index contributed by atoms with van der Waals surface area (Å²) in [5.74, 6) is 0.195. The summed E-state index contributed by atoms with van der Waals surface area (Å²) in [5, 5.41) is 4.02. The van der Waals surface area contributed by atoms with Gasteiger partial charge in [0.1, 0.15) is 0 Å². The van der Waals surface area contributed by atoms with Crippen molar-refractivity contribution in [3.05, 3.63) is 52.5 Å². The van der Waals surface area contributed by atoms with Crippen molar-refractivity contribution in [2.45, 2.75) is 18.8 Å². The third-order valence-corrected chi connectivity index (χ3v) is 4.82. The largest absolute Gasteiger partial charge is 0.357 e. The maximum atomic E-state index is 13.0. The van der Waals surface area contributed by atoms with E-state index in [1.54, 1.807) is 11.1 Å². The van der Waals surface area contributed by atoms with Gasteiger partial charge in [0.2, 0.25) is 17.7 Å². The second kappa shape index (κ2) is 6.99. The summed E-state index contributed by atoms with van der Waals surface area (Å²) < 4.78 is 19.3. The van der Waals surface area contributed by atoms with Gasteiger partial charge in [-0.3, -0.25) is 4.79 Å². The molecule has 4 heterocycles. The summed E-state index contributed by atoms with van der Waals surface area (Å²) >= 11 is 3.37. The quantitative estimate of drug-likeness (QED) is 0.657. The van der Waals surface area contributed by atoms with Crippen molar-refractivity contribution in [1.82, 2.24) is 25.0 Å². The number of nitrogens with zero attached hydrogens (tertiary/aromatic N) is 4. The predicted octanol–water partition coefficient (Wildman–Crippen LogP) is 3.38. The summed E-state index contributed by atoms with van der Waals surface area (Å²) in [4.78, 5) is 25.4. The molecule has 1 N–H and O–H groups in total. The molecule has 1 fully saturated rings. The third-order valence-electron chi connectivity index (χ3n) is 4.36. The Morgan fingerprint density at radius 1 is 1.42 bits per heavy atom. The van der Waals surface area contributed by atoms with E-state index in [0.29, 0.717) is 30.4 Å². The normalized spacial score (nSPS) is 17.5. The Morgan fingerprint density at radius 3 is 3.04 bits per heavy atom. The third kappa shape index (κ3) is 3.39. The summed E-state index contributed by atoms with van der Waals surface area (Å²) in [6, 6.07) is 4.50. The number of hydrogen-bond acceptors (Lipinski definition) is 5. The van der Waals surface area contributed by atoms with Crippen molar-refractivity contribution < 1.29 is 13.7 Å². The average molecular weight is 420 g/mol. The van der Waals surface area contributed by atoms with Gasteiger partial charge in [0, 0.05) is 30.0 Å². The van der Waals surface area contributed by atoms with Crippen LogP contribution in [0.25, 0.3) is 11.5 Å². The Bertz CT molecular complexity index is 923. The first-order valence-electron chi connectivity index (χ1n) is 8.19. The molecule has 134 valence electrons. The van der Waals surface area contributed by atoms with Crippen LogP contribution in [-0.2, 0) is 0 Å². The van der Waals surface area contributed by atoms with Crippen molar-refractivity contribution >= 4 is 21.8 Å². The molecule has 0 aliphatic carbocycles. The topological polar surface area (TPSA) is 87.9 Å². The summed E-state index contributed by atoms with van der Waals surface area (Å²) in [6.07, 6.45) is 4.75. The Hall–Kier alpha value is -2.55. The molecule has 3 aromatic heterocycles. The van der Waals surface area contributed by atoms with E-state index < -0.39 is 5.95 Å². The second-order valence-corrected chi connectivity index (χ2v) is 7.06. The first-order chi connectivity index (χ1) is 12.6. The molecule has 0 bridgehead atoms. The summed E-state index contributed by atoms with van der Waals surface area (Å²) in [7, 11) is 0. The highest BCUT2D eigenvalue weighted by Gasteiger charge is 2.29. The second-order valence-electron chi connectivity index (χ2n) is 6.15. The maximum absolute atomic E-state index is 13.0. The molecule has 3 aromatic rings. The number of carbonyl (C=O) groups is 1. The number of halogens is 2. The van der Waals surface area contributed by atoms with Gasteiger partial charge in [0.25, 0.3) is 5.91 Å². The highest BCUT2D eigenvalue weighted by atomic mass is 79.9. The molecule has 1 amide bonds. The van der Waals surface area contributed by atoms with Gasteiger partial charge in [0.05, 0.1) is 17.2 Å². The molecule has 0 saturated carbocycles. The number of carbonyl (C=O) groups excluding carboxylic acids is 1. The fourth-order valence-electron chi connectivity index (χ4n) is 3.06. The number of nitrogens with one attached hydrogen (secondary N) is 1. The molecule has 0 radical (unpaired) electrons. The van der Waals surface area contributed by atoms with Gasteiger partial charge in [-0.1, -0.05) is 5.16 Å². The van der Waals surface area contributed by atoms with E-state index >= 15 is 0 Å². The smallest absolute Gasteiger partial charge is 0.255 e. The first kappa shape index (κ1) is 16.9. The lowest BCUT2D eigenvalue weighted by Gasteiger charge is -2.31. The highest BCUT2D eigenvalue weighted by Crippen LogP contribution is 2.28. The minimum absolute atomic E-state index is 0.0271. The Labute approximate surface area is 156 Å². The van der Waals surface area contributed by atoms with E-state index in [1.807, 2.05) is 6.07 Å². The molecular weight excluding hydrogens is 405 g/mol. The van der Waals surface area contributed by atoms with E-state index in [2.05, 4.69) is 36.0 Å². The molecule has 9 heteroatoms. The van der Waals surface area contributed by atoms with Gasteiger partial charge in [-0.05, 0) is 47.0 Å². The van der Waals surface area contributed by atoms with Gasteiger partial charge in [-0.2, -0.15) is 9.37 Å². The van der Waals surface area contributed by atoms with Gasteiger partial charge in [-0.15, -0.1) is 0 Å². The fourth-order valence-corrected chi connectivity index (χ4v) is 3.40. The Morgan fingerprint density at radius 2 is 2.31 bits per heavy atom. The summed E-state index contributed by atoms with van der Waals surface area (Å²) in [5.41, 5.74) is 1.13. The first-order valence-corrected chi connectivity index (χ1v) is 8.98. The van der Waals surface area contributed by atoms with Crippen LogP contribution in [0, 0.1) is 5.95 Å². The lowest BCUT2D eigenvalue weighted by atomic mass is 9.97. The van der Waals surface area contributed by atoms with Crippen molar-refractivity contribution in [2.24, 2.45) is 0 Å². The lowest BCUT2D eigenvalue weighted by Crippen LogP contribution is -2.39. The lowest BCUT2D eigenvalue weighted by molar-refractivity contribution is 0.0695. The van der Waals surface area contributed by atoms with Crippen LogP contribution in [0.2, 0.25) is 0 Å². The van der Waals surface area contributed by atoms with Crippen molar-refractivity contribution in [3.8, 4) is 11.5 Å². The fraction of sp³-hybridized carbons (Fsp3) is 0.294. The van der Waals surface area contributed by atoms with Gasteiger partial charge in [-0.25, -0.2) is 4.98 Å². The summed E-state index contributed by atoms with van der Waals surface area (Å²) in [6.45, 7) is 1.11.